The first-order chi connectivity index (χ1) is 13.2. The molecule has 3 fully saturated rings. The fourth-order valence-corrected chi connectivity index (χ4v) is 5.45. The van der Waals surface area contributed by atoms with Crippen molar-refractivity contribution in [3.05, 3.63) is 35.7 Å². The van der Waals surface area contributed by atoms with Crippen molar-refractivity contribution in [2.75, 3.05) is 31.1 Å². The summed E-state index contributed by atoms with van der Waals surface area (Å²) in [6, 6.07) is 6.76. The van der Waals surface area contributed by atoms with Gasteiger partial charge in [0.1, 0.15) is 11.5 Å². The molecule has 5 heteroatoms. The van der Waals surface area contributed by atoms with Crippen LogP contribution in [0, 0.1) is 25.7 Å². The van der Waals surface area contributed by atoms with E-state index >= 15 is 0 Å². The van der Waals surface area contributed by atoms with Gasteiger partial charge in [-0.1, -0.05) is 12.5 Å². The lowest BCUT2D eigenvalue weighted by atomic mass is 9.93. The van der Waals surface area contributed by atoms with Crippen molar-refractivity contribution in [2.24, 2.45) is 11.8 Å². The first kappa shape index (κ1) is 17.1. The molecule has 0 spiro atoms. The van der Waals surface area contributed by atoms with Crippen LogP contribution in [-0.2, 0) is 0 Å². The number of pyridine rings is 1. The van der Waals surface area contributed by atoms with Gasteiger partial charge in [-0.25, -0.2) is 9.97 Å². The van der Waals surface area contributed by atoms with Crippen LogP contribution in [0.5, 0.6) is 0 Å². The van der Waals surface area contributed by atoms with Crippen molar-refractivity contribution in [1.29, 1.82) is 0 Å². The Morgan fingerprint density at radius 3 is 2.48 bits per heavy atom. The first-order valence-corrected chi connectivity index (χ1v) is 10.4. The number of fused-ring (bicyclic) bond motifs is 2. The molecule has 3 unspecified atom stereocenters. The van der Waals surface area contributed by atoms with E-state index in [4.69, 9.17) is 9.97 Å². The van der Waals surface area contributed by atoms with Crippen LogP contribution >= 0.6 is 0 Å². The Morgan fingerprint density at radius 1 is 0.963 bits per heavy atom. The lowest BCUT2D eigenvalue weighted by molar-refractivity contribution is 0.134. The Hall–Kier alpha value is -2.01. The summed E-state index contributed by atoms with van der Waals surface area (Å²) in [5.41, 5.74) is 3.10. The zero-order valence-electron chi connectivity index (χ0n) is 16.4. The summed E-state index contributed by atoms with van der Waals surface area (Å²) in [5.74, 6) is 3.83. The molecule has 5 nitrogen and oxygen atoms in total. The second-order valence-electron chi connectivity index (χ2n) is 8.56. The molecule has 0 aromatic carbocycles. The number of hydrogen-bond donors (Lipinski definition) is 0. The van der Waals surface area contributed by atoms with Crippen molar-refractivity contribution in [3.63, 3.8) is 0 Å². The van der Waals surface area contributed by atoms with Crippen molar-refractivity contribution < 1.29 is 0 Å². The molecule has 2 aromatic heterocycles. The molecule has 5 rings (SSSR count). The zero-order chi connectivity index (χ0) is 18.4. The Morgan fingerprint density at radius 2 is 1.81 bits per heavy atom. The monoisotopic (exact) mass is 363 g/mol. The summed E-state index contributed by atoms with van der Waals surface area (Å²) >= 11 is 0. The second kappa shape index (κ2) is 6.86. The number of anilines is 1. The largest absolute Gasteiger partial charge is 0.354 e. The summed E-state index contributed by atoms with van der Waals surface area (Å²) in [4.78, 5) is 19.3. The minimum absolute atomic E-state index is 0.740. The van der Waals surface area contributed by atoms with Gasteiger partial charge in [-0.3, -0.25) is 9.88 Å². The maximum atomic E-state index is 4.92. The zero-order valence-corrected chi connectivity index (χ0v) is 16.4. The molecule has 0 N–H and O–H groups in total. The third-order valence-electron chi connectivity index (χ3n) is 7.04. The van der Waals surface area contributed by atoms with Crippen molar-refractivity contribution in [3.8, 4) is 11.5 Å². The normalized spacial score (nSPS) is 28.1. The van der Waals surface area contributed by atoms with Gasteiger partial charge in [0.15, 0.2) is 5.82 Å². The molecule has 2 aromatic rings. The molecule has 3 atom stereocenters. The topological polar surface area (TPSA) is 45.2 Å². The molecule has 3 aliphatic rings. The molecule has 2 saturated carbocycles. The SMILES string of the molecule is Cc1nc(-c2ccccn2)nc(N2CCN(C3CC4CCC3C4)CC2)c1C. The third-order valence-corrected chi connectivity index (χ3v) is 7.04. The number of piperazine rings is 1. The van der Waals surface area contributed by atoms with Gasteiger partial charge in [-0.2, -0.15) is 0 Å². The lowest BCUT2D eigenvalue weighted by Crippen LogP contribution is -2.52. The van der Waals surface area contributed by atoms with Crippen molar-refractivity contribution in [2.45, 2.75) is 45.6 Å². The maximum Gasteiger partial charge on any atom is 0.180 e. The summed E-state index contributed by atoms with van der Waals surface area (Å²) < 4.78 is 0. The summed E-state index contributed by atoms with van der Waals surface area (Å²) in [5, 5.41) is 0. The van der Waals surface area contributed by atoms with Crippen LogP contribution in [0.2, 0.25) is 0 Å². The fourth-order valence-electron chi connectivity index (χ4n) is 5.45. The molecular weight excluding hydrogens is 334 g/mol. The van der Waals surface area contributed by atoms with Crippen LogP contribution < -0.4 is 4.90 Å². The number of aromatic nitrogens is 3. The van der Waals surface area contributed by atoms with E-state index < -0.39 is 0 Å². The molecule has 2 bridgehead atoms. The van der Waals surface area contributed by atoms with Gasteiger partial charge >= 0.3 is 0 Å². The number of hydrogen-bond acceptors (Lipinski definition) is 5. The lowest BCUT2D eigenvalue weighted by Gasteiger charge is -2.41. The number of rotatable bonds is 3. The van der Waals surface area contributed by atoms with Gasteiger partial charge in [0.05, 0.1) is 0 Å². The van der Waals surface area contributed by atoms with E-state index in [1.807, 2.05) is 24.4 Å². The molecule has 1 aliphatic heterocycles. The van der Waals surface area contributed by atoms with Gasteiger partial charge < -0.3 is 4.90 Å². The average Bonchev–Trinajstić information content (AvgIpc) is 3.34. The van der Waals surface area contributed by atoms with Gasteiger partial charge in [0, 0.05) is 49.7 Å². The van der Waals surface area contributed by atoms with Crippen LogP contribution in [0.4, 0.5) is 5.82 Å². The molecule has 142 valence electrons. The molecule has 0 amide bonds. The van der Waals surface area contributed by atoms with Crippen LogP contribution in [0.3, 0.4) is 0 Å². The quantitative estimate of drug-likeness (QED) is 0.836. The fraction of sp³-hybridized carbons (Fsp3) is 0.591. The predicted molar refractivity (Wildman–Crippen MR) is 108 cm³/mol. The first-order valence-electron chi connectivity index (χ1n) is 10.4. The molecule has 3 heterocycles. The highest BCUT2D eigenvalue weighted by molar-refractivity contribution is 5.57. The predicted octanol–water partition coefficient (Wildman–Crippen LogP) is 3.47. The summed E-state index contributed by atoms with van der Waals surface area (Å²) in [6.07, 6.45) is 7.69. The second-order valence-corrected chi connectivity index (χ2v) is 8.56. The molecule has 27 heavy (non-hydrogen) atoms. The van der Waals surface area contributed by atoms with Crippen LogP contribution in [0.1, 0.15) is 36.9 Å². The van der Waals surface area contributed by atoms with Crippen molar-refractivity contribution in [1.82, 2.24) is 19.9 Å². The standard InChI is InChI=1S/C22H29N5/c1-15-16(2)24-21(19-5-3-4-8-23-19)25-22(15)27-11-9-26(10-12-27)20-14-17-6-7-18(20)13-17/h3-5,8,17-18,20H,6-7,9-14H2,1-2H3. The highest BCUT2D eigenvalue weighted by Gasteiger charge is 2.42. The highest BCUT2D eigenvalue weighted by atomic mass is 15.3. The molecule has 2 aliphatic carbocycles. The number of nitrogens with zero attached hydrogens (tertiary/aromatic N) is 5. The number of aryl methyl sites for hydroxylation is 1. The average molecular weight is 364 g/mol. The smallest absolute Gasteiger partial charge is 0.180 e. The summed E-state index contributed by atoms with van der Waals surface area (Å²) in [7, 11) is 0. The van der Waals surface area contributed by atoms with E-state index in [0.717, 1.165) is 67.1 Å². The minimum Gasteiger partial charge on any atom is -0.354 e. The van der Waals surface area contributed by atoms with Crippen LogP contribution in [0.15, 0.2) is 24.4 Å². The molecule has 1 saturated heterocycles. The van der Waals surface area contributed by atoms with Gasteiger partial charge in [0.25, 0.3) is 0 Å². The van der Waals surface area contributed by atoms with Gasteiger partial charge in [-0.05, 0) is 57.1 Å². The Kier molecular flexibility index (Phi) is 4.35. The van der Waals surface area contributed by atoms with Gasteiger partial charge in [0.2, 0.25) is 0 Å². The van der Waals surface area contributed by atoms with Gasteiger partial charge in [-0.15, -0.1) is 0 Å². The Balaban J connectivity index is 1.34. The Bertz CT molecular complexity index is 813. The molecular formula is C22H29N5. The van der Waals surface area contributed by atoms with Crippen molar-refractivity contribution >= 4 is 5.82 Å². The van der Waals surface area contributed by atoms with E-state index in [-0.39, 0.29) is 0 Å². The van der Waals surface area contributed by atoms with E-state index in [9.17, 15) is 0 Å². The maximum absolute atomic E-state index is 4.92. The van der Waals surface area contributed by atoms with Crippen LogP contribution in [0.25, 0.3) is 11.5 Å². The van der Waals surface area contributed by atoms with Crippen LogP contribution in [-0.4, -0.2) is 52.1 Å². The minimum atomic E-state index is 0.740. The van der Waals surface area contributed by atoms with E-state index in [2.05, 4.69) is 28.6 Å². The summed E-state index contributed by atoms with van der Waals surface area (Å²) in [6.45, 7) is 8.68. The third kappa shape index (κ3) is 3.12. The highest BCUT2D eigenvalue weighted by Crippen LogP contribution is 2.46. The molecule has 0 radical (unpaired) electrons. The van der Waals surface area contributed by atoms with E-state index in [0.29, 0.717) is 0 Å². The Labute approximate surface area is 161 Å². The van der Waals surface area contributed by atoms with E-state index in [1.54, 1.807) is 0 Å². The van der Waals surface area contributed by atoms with E-state index in [1.165, 1.54) is 31.2 Å².